The third-order valence-electron chi connectivity index (χ3n) is 5.39. The summed E-state index contributed by atoms with van der Waals surface area (Å²) in [5, 5.41) is 1.18. The van der Waals surface area contributed by atoms with Gasteiger partial charge in [-0.3, -0.25) is 4.98 Å². The van der Waals surface area contributed by atoms with Crippen LogP contribution in [0.5, 0.6) is 0 Å². The quantitative estimate of drug-likeness (QED) is 0.403. The molecule has 0 amide bonds. The molecule has 0 bridgehead atoms. The summed E-state index contributed by atoms with van der Waals surface area (Å²) in [6.07, 6.45) is 0. The molecular formula is C26H25N. The summed E-state index contributed by atoms with van der Waals surface area (Å²) >= 11 is 0. The molecule has 0 unspecified atom stereocenters. The lowest BCUT2D eigenvalue weighted by Crippen LogP contribution is -2.09. The first-order valence-electron chi connectivity index (χ1n) is 9.53. The van der Waals surface area contributed by atoms with E-state index in [1.54, 1.807) is 0 Å². The zero-order chi connectivity index (χ0) is 19.0. The van der Waals surface area contributed by atoms with E-state index in [1.807, 2.05) is 0 Å². The third kappa shape index (κ3) is 3.38. The van der Waals surface area contributed by atoms with Crippen LogP contribution in [-0.4, -0.2) is 4.98 Å². The average Bonchev–Trinajstić information content (AvgIpc) is 2.65. The second-order valence-corrected chi connectivity index (χ2v) is 7.58. The first kappa shape index (κ1) is 17.5. The molecule has 0 aliphatic carbocycles. The summed E-state index contributed by atoms with van der Waals surface area (Å²) in [7, 11) is 0. The maximum absolute atomic E-state index is 5.06. The highest BCUT2D eigenvalue weighted by Crippen LogP contribution is 2.36. The van der Waals surface area contributed by atoms with Crippen molar-refractivity contribution in [2.75, 3.05) is 0 Å². The van der Waals surface area contributed by atoms with Crippen LogP contribution >= 0.6 is 0 Å². The molecule has 0 fully saturated rings. The Morgan fingerprint density at radius 3 is 1.81 bits per heavy atom. The van der Waals surface area contributed by atoms with Gasteiger partial charge in [-0.1, -0.05) is 71.8 Å². The number of hydrogen-bond donors (Lipinski definition) is 0. The molecule has 0 aliphatic rings. The van der Waals surface area contributed by atoms with Crippen LogP contribution in [0.2, 0.25) is 0 Å². The zero-order valence-corrected chi connectivity index (χ0v) is 16.5. The van der Waals surface area contributed by atoms with Gasteiger partial charge in [-0.25, -0.2) is 0 Å². The Balaban J connectivity index is 1.96. The SMILES string of the molecule is Cc1ccc(C(c2ccc3ccccc3n2)c2ccc(C)cc2C)c(C)c1. The largest absolute Gasteiger partial charge is 0.252 e. The molecule has 27 heavy (non-hydrogen) atoms. The first-order chi connectivity index (χ1) is 13.0. The van der Waals surface area contributed by atoms with Gasteiger partial charge in [0.1, 0.15) is 0 Å². The summed E-state index contributed by atoms with van der Waals surface area (Å²) in [6.45, 7) is 8.72. The van der Waals surface area contributed by atoms with Crippen LogP contribution in [0, 0.1) is 27.7 Å². The Kier molecular flexibility index (Phi) is 4.53. The number of para-hydroxylation sites is 1. The summed E-state index contributed by atoms with van der Waals surface area (Å²) in [4.78, 5) is 5.06. The standard InChI is InChI=1S/C26H25N/c1-17-9-12-22(19(3)15-17)26(23-13-10-18(2)16-20(23)4)25-14-11-21-7-5-6-8-24(21)27-25/h5-16,26H,1-4H3. The van der Waals surface area contributed by atoms with E-state index in [9.17, 15) is 0 Å². The van der Waals surface area contributed by atoms with E-state index in [-0.39, 0.29) is 5.92 Å². The predicted octanol–water partition coefficient (Wildman–Crippen LogP) is 6.65. The fourth-order valence-corrected chi connectivity index (χ4v) is 4.03. The second-order valence-electron chi connectivity index (χ2n) is 7.58. The van der Waals surface area contributed by atoms with E-state index < -0.39 is 0 Å². The molecule has 1 aromatic heterocycles. The summed E-state index contributed by atoms with van der Waals surface area (Å²) in [5.41, 5.74) is 10.0. The minimum Gasteiger partial charge on any atom is -0.252 e. The van der Waals surface area contributed by atoms with E-state index in [4.69, 9.17) is 4.98 Å². The Labute approximate surface area is 161 Å². The van der Waals surface area contributed by atoms with E-state index in [2.05, 4.69) is 100 Å². The van der Waals surface area contributed by atoms with E-state index in [1.165, 1.54) is 38.8 Å². The Morgan fingerprint density at radius 2 is 1.22 bits per heavy atom. The Bertz CT molecular complexity index is 1070. The van der Waals surface area contributed by atoms with Gasteiger partial charge in [-0.05, 0) is 62.1 Å². The zero-order valence-electron chi connectivity index (χ0n) is 16.5. The molecule has 0 saturated heterocycles. The van der Waals surface area contributed by atoms with E-state index in [0.717, 1.165) is 11.2 Å². The average molecular weight is 351 g/mol. The van der Waals surface area contributed by atoms with Gasteiger partial charge < -0.3 is 0 Å². The highest BCUT2D eigenvalue weighted by molar-refractivity contribution is 5.78. The Hall–Kier alpha value is -2.93. The number of benzene rings is 3. The monoisotopic (exact) mass is 351 g/mol. The summed E-state index contributed by atoms with van der Waals surface area (Å²) in [6, 6.07) is 26.2. The summed E-state index contributed by atoms with van der Waals surface area (Å²) in [5.74, 6) is 0.135. The minimum absolute atomic E-state index is 0.135. The van der Waals surface area contributed by atoms with Crippen LogP contribution in [0.4, 0.5) is 0 Å². The number of pyridine rings is 1. The van der Waals surface area contributed by atoms with E-state index >= 15 is 0 Å². The number of nitrogens with zero attached hydrogens (tertiary/aromatic N) is 1. The highest BCUT2D eigenvalue weighted by atomic mass is 14.7. The molecule has 0 aliphatic heterocycles. The van der Waals surface area contributed by atoms with Gasteiger partial charge in [0.25, 0.3) is 0 Å². The van der Waals surface area contributed by atoms with Crippen molar-refractivity contribution in [2.45, 2.75) is 33.6 Å². The number of rotatable bonds is 3. The minimum atomic E-state index is 0.135. The van der Waals surface area contributed by atoms with Crippen molar-refractivity contribution in [3.05, 3.63) is 112 Å². The van der Waals surface area contributed by atoms with E-state index in [0.29, 0.717) is 0 Å². The van der Waals surface area contributed by atoms with Crippen molar-refractivity contribution >= 4 is 10.9 Å². The molecule has 0 N–H and O–H groups in total. The van der Waals surface area contributed by atoms with Crippen LogP contribution in [0.3, 0.4) is 0 Å². The van der Waals surface area contributed by atoms with Crippen LogP contribution < -0.4 is 0 Å². The van der Waals surface area contributed by atoms with Crippen LogP contribution in [-0.2, 0) is 0 Å². The molecule has 1 heterocycles. The van der Waals surface area contributed by atoms with Gasteiger partial charge in [0.05, 0.1) is 17.1 Å². The van der Waals surface area contributed by atoms with Crippen LogP contribution in [0.15, 0.2) is 72.8 Å². The number of hydrogen-bond acceptors (Lipinski definition) is 1. The molecule has 4 aromatic rings. The molecular weight excluding hydrogens is 326 g/mol. The van der Waals surface area contributed by atoms with Crippen molar-refractivity contribution in [3.63, 3.8) is 0 Å². The number of aromatic nitrogens is 1. The maximum Gasteiger partial charge on any atom is 0.0705 e. The van der Waals surface area contributed by atoms with Crippen LogP contribution in [0.25, 0.3) is 10.9 Å². The first-order valence-corrected chi connectivity index (χ1v) is 9.53. The van der Waals surface area contributed by atoms with Gasteiger partial charge >= 0.3 is 0 Å². The fraction of sp³-hybridized carbons (Fsp3) is 0.192. The van der Waals surface area contributed by atoms with Gasteiger partial charge in [0.15, 0.2) is 0 Å². The lowest BCUT2D eigenvalue weighted by atomic mass is 9.82. The van der Waals surface area contributed by atoms with Crippen LogP contribution in [0.1, 0.15) is 45.0 Å². The summed E-state index contributed by atoms with van der Waals surface area (Å²) < 4.78 is 0. The molecule has 0 radical (unpaired) electrons. The number of aryl methyl sites for hydroxylation is 4. The molecule has 4 rings (SSSR count). The molecule has 3 aromatic carbocycles. The molecule has 134 valence electrons. The van der Waals surface area contributed by atoms with Gasteiger partial charge in [0.2, 0.25) is 0 Å². The maximum atomic E-state index is 5.06. The molecule has 1 nitrogen and oxygen atoms in total. The third-order valence-corrected chi connectivity index (χ3v) is 5.39. The second kappa shape index (κ2) is 7.00. The van der Waals surface area contributed by atoms with Gasteiger partial charge in [-0.2, -0.15) is 0 Å². The van der Waals surface area contributed by atoms with Gasteiger partial charge in [0, 0.05) is 5.39 Å². The molecule has 1 heteroatoms. The fourth-order valence-electron chi connectivity index (χ4n) is 4.03. The van der Waals surface area contributed by atoms with Crippen molar-refractivity contribution in [1.82, 2.24) is 4.98 Å². The normalized spacial score (nSPS) is 11.3. The molecule has 0 spiro atoms. The lowest BCUT2D eigenvalue weighted by molar-refractivity contribution is 0.906. The van der Waals surface area contributed by atoms with Crippen molar-refractivity contribution in [1.29, 1.82) is 0 Å². The lowest BCUT2D eigenvalue weighted by Gasteiger charge is -2.23. The molecule has 0 atom stereocenters. The van der Waals surface area contributed by atoms with Crippen molar-refractivity contribution < 1.29 is 0 Å². The topological polar surface area (TPSA) is 12.9 Å². The predicted molar refractivity (Wildman–Crippen MR) is 115 cm³/mol. The van der Waals surface area contributed by atoms with Gasteiger partial charge in [-0.15, -0.1) is 0 Å². The molecule has 0 saturated carbocycles. The highest BCUT2D eigenvalue weighted by Gasteiger charge is 2.22. The number of fused-ring (bicyclic) bond motifs is 1. The Morgan fingerprint density at radius 1 is 0.630 bits per heavy atom. The van der Waals surface area contributed by atoms with Crippen molar-refractivity contribution in [3.8, 4) is 0 Å². The van der Waals surface area contributed by atoms with Crippen molar-refractivity contribution in [2.24, 2.45) is 0 Å². The smallest absolute Gasteiger partial charge is 0.0705 e.